The third-order valence-electron chi connectivity index (χ3n) is 4.76. The maximum absolute atomic E-state index is 13.1. The fourth-order valence-corrected chi connectivity index (χ4v) is 4.63. The Balaban J connectivity index is 1.58. The van der Waals surface area contributed by atoms with Gasteiger partial charge in [-0.15, -0.1) is 0 Å². The van der Waals surface area contributed by atoms with E-state index in [0.29, 0.717) is 11.1 Å². The van der Waals surface area contributed by atoms with E-state index < -0.39 is 15.9 Å². The average molecular weight is 405 g/mol. The summed E-state index contributed by atoms with van der Waals surface area (Å²) in [6.45, 7) is -0.299. The molecule has 1 N–H and O–H groups in total. The first-order valence-electron chi connectivity index (χ1n) is 9.03. The number of benzene rings is 3. The minimum Gasteiger partial charge on any atom is -0.324 e. The Kier molecular flexibility index (Phi) is 5.00. The topological polar surface area (TPSA) is 79.4 Å². The fourth-order valence-electron chi connectivity index (χ4n) is 3.30. The van der Waals surface area contributed by atoms with E-state index in [1.807, 2.05) is 36.4 Å². The summed E-state index contributed by atoms with van der Waals surface area (Å²) >= 11 is 0. The highest BCUT2D eigenvalue weighted by molar-refractivity contribution is 7.89. The summed E-state index contributed by atoms with van der Waals surface area (Å²) in [7, 11) is -2.45. The van der Waals surface area contributed by atoms with Crippen molar-refractivity contribution < 1.29 is 13.2 Å². The third-order valence-corrected chi connectivity index (χ3v) is 6.62. The van der Waals surface area contributed by atoms with Crippen molar-refractivity contribution in [1.29, 1.82) is 0 Å². The first kappa shape index (κ1) is 19.0. The molecule has 0 radical (unpaired) electrons. The molecule has 0 saturated carbocycles. The normalized spacial score (nSPS) is 11.8. The van der Waals surface area contributed by atoms with Crippen molar-refractivity contribution in [3.8, 4) is 0 Å². The van der Waals surface area contributed by atoms with E-state index in [0.717, 1.165) is 20.5 Å². The fraction of sp³-hybridized carbons (Fsp3) is 0.0909. The van der Waals surface area contributed by atoms with Crippen LogP contribution in [0.2, 0.25) is 0 Å². The van der Waals surface area contributed by atoms with Crippen molar-refractivity contribution in [2.75, 3.05) is 18.9 Å². The van der Waals surface area contributed by atoms with Gasteiger partial charge in [-0.3, -0.25) is 9.78 Å². The van der Waals surface area contributed by atoms with Crippen LogP contribution in [0.5, 0.6) is 0 Å². The molecule has 29 heavy (non-hydrogen) atoms. The molecular weight excluding hydrogens is 386 g/mol. The maximum atomic E-state index is 13.1. The van der Waals surface area contributed by atoms with Crippen molar-refractivity contribution in [3.63, 3.8) is 0 Å². The summed E-state index contributed by atoms with van der Waals surface area (Å²) in [6.07, 6.45) is 3.16. The van der Waals surface area contributed by atoms with Crippen molar-refractivity contribution in [1.82, 2.24) is 9.29 Å². The van der Waals surface area contributed by atoms with Crippen LogP contribution in [-0.2, 0) is 14.8 Å². The molecule has 0 saturated heterocycles. The summed E-state index contributed by atoms with van der Waals surface area (Å²) < 4.78 is 27.2. The minimum absolute atomic E-state index is 0.151. The van der Waals surface area contributed by atoms with Crippen molar-refractivity contribution in [2.24, 2.45) is 0 Å². The smallest absolute Gasteiger partial charge is 0.243 e. The second-order valence-electron chi connectivity index (χ2n) is 6.69. The number of sulfonamides is 1. The number of amides is 1. The standard InChI is InChI=1S/C22H19N3O3S/c1-25(29(27,28)21-11-5-8-17-14-23-13-12-19(17)21)15-22(26)24-20-10-4-7-16-6-2-3-9-18(16)20/h2-14H,15H2,1H3,(H,24,26). The summed E-state index contributed by atoms with van der Waals surface area (Å²) in [4.78, 5) is 16.8. The summed E-state index contributed by atoms with van der Waals surface area (Å²) in [5.74, 6) is -0.408. The number of hydrogen-bond acceptors (Lipinski definition) is 4. The Labute approximate surface area is 168 Å². The summed E-state index contributed by atoms with van der Waals surface area (Å²) in [6, 6.07) is 20.0. The molecule has 146 valence electrons. The van der Waals surface area contributed by atoms with E-state index in [2.05, 4.69) is 10.3 Å². The molecule has 0 aliphatic rings. The van der Waals surface area contributed by atoms with Crippen molar-refractivity contribution in [3.05, 3.63) is 79.1 Å². The Hall–Kier alpha value is -3.29. The number of rotatable bonds is 5. The van der Waals surface area contributed by atoms with Crippen LogP contribution in [0.3, 0.4) is 0 Å². The Morgan fingerprint density at radius 2 is 1.66 bits per heavy atom. The van der Waals surface area contributed by atoms with Gasteiger partial charge in [0.2, 0.25) is 15.9 Å². The maximum Gasteiger partial charge on any atom is 0.243 e. The predicted octanol–water partition coefficient (Wildman–Crippen LogP) is 3.65. The second kappa shape index (κ2) is 7.62. The Bertz CT molecular complexity index is 1310. The van der Waals surface area contributed by atoms with Crippen LogP contribution < -0.4 is 5.32 Å². The lowest BCUT2D eigenvalue weighted by molar-refractivity contribution is -0.116. The van der Waals surface area contributed by atoms with Gasteiger partial charge in [0.05, 0.1) is 11.4 Å². The van der Waals surface area contributed by atoms with Gasteiger partial charge in [0.15, 0.2) is 0 Å². The molecule has 0 fully saturated rings. The van der Waals surface area contributed by atoms with Gasteiger partial charge in [0.1, 0.15) is 0 Å². The van der Waals surface area contributed by atoms with Gasteiger partial charge in [-0.1, -0.05) is 48.5 Å². The summed E-state index contributed by atoms with van der Waals surface area (Å²) in [5, 5.41) is 6.01. The quantitative estimate of drug-likeness (QED) is 0.550. The highest BCUT2D eigenvalue weighted by atomic mass is 32.2. The largest absolute Gasteiger partial charge is 0.324 e. The third kappa shape index (κ3) is 3.70. The number of hydrogen-bond donors (Lipinski definition) is 1. The van der Waals surface area contributed by atoms with E-state index >= 15 is 0 Å². The monoisotopic (exact) mass is 405 g/mol. The molecule has 6 nitrogen and oxygen atoms in total. The molecule has 3 aromatic carbocycles. The minimum atomic E-state index is -3.85. The number of carbonyl (C=O) groups is 1. The Morgan fingerprint density at radius 1 is 0.931 bits per heavy atom. The van der Waals surface area contributed by atoms with Crippen molar-refractivity contribution in [2.45, 2.75) is 4.90 Å². The van der Waals surface area contributed by atoms with E-state index in [4.69, 9.17) is 0 Å². The number of fused-ring (bicyclic) bond motifs is 2. The van der Waals surface area contributed by atoms with Crippen LogP contribution in [0.25, 0.3) is 21.5 Å². The van der Waals surface area contributed by atoms with Gasteiger partial charge < -0.3 is 5.32 Å². The molecule has 0 bridgehead atoms. The molecule has 4 rings (SSSR count). The van der Waals surface area contributed by atoms with E-state index in [1.165, 1.54) is 13.1 Å². The lowest BCUT2D eigenvalue weighted by Crippen LogP contribution is -2.35. The number of nitrogens with zero attached hydrogens (tertiary/aromatic N) is 2. The molecule has 0 atom stereocenters. The lowest BCUT2D eigenvalue weighted by atomic mass is 10.1. The molecule has 0 spiro atoms. The first-order chi connectivity index (χ1) is 14.0. The predicted molar refractivity (Wildman–Crippen MR) is 114 cm³/mol. The van der Waals surface area contributed by atoms with Crippen LogP contribution in [0, 0.1) is 0 Å². The van der Waals surface area contributed by atoms with E-state index in [-0.39, 0.29) is 11.4 Å². The molecule has 1 amide bonds. The van der Waals surface area contributed by atoms with Gasteiger partial charge >= 0.3 is 0 Å². The molecule has 0 aliphatic heterocycles. The van der Waals surface area contributed by atoms with Gasteiger partial charge in [-0.2, -0.15) is 4.31 Å². The molecular formula is C22H19N3O3S. The van der Waals surface area contributed by atoms with E-state index in [1.54, 1.807) is 36.7 Å². The van der Waals surface area contributed by atoms with Gasteiger partial charge in [0.25, 0.3) is 0 Å². The molecule has 4 aromatic rings. The zero-order valence-electron chi connectivity index (χ0n) is 15.7. The SMILES string of the molecule is CN(CC(=O)Nc1cccc2ccccc12)S(=O)(=O)c1cccc2cnccc12. The highest BCUT2D eigenvalue weighted by Gasteiger charge is 2.25. The van der Waals surface area contributed by atoms with Crippen LogP contribution in [-0.4, -0.2) is 37.2 Å². The molecule has 7 heteroatoms. The molecule has 1 heterocycles. The zero-order valence-corrected chi connectivity index (χ0v) is 16.6. The second-order valence-corrected chi connectivity index (χ2v) is 8.70. The van der Waals surface area contributed by atoms with Crippen LogP contribution in [0.1, 0.15) is 0 Å². The Morgan fingerprint density at radius 3 is 2.52 bits per heavy atom. The zero-order chi connectivity index (χ0) is 20.4. The van der Waals surface area contributed by atoms with Gasteiger partial charge in [-0.05, 0) is 23.6 Å². The van der Waals surface area contributed by atoms with E-state index in [9.17, 15) is 13.2 Å². The molecule has 1 aromatic heterocycles. The van der Waals surface area contributed by atoms with Crippen molar-refractivity contribution >= 4 is 43.2 Å². The van der Waals surface area contributed by atoms with Gasteiger partial charge in [-0.25, -0.2) is 8.42 Å². The first-order valence-corrected chi connectivity index (χ1v) is 10.5. The van der Waals surface area contributed by atoms with Crippen LogP contribution in [0.4, 0.5) is 5.69 Å². The molecule has 0 unspecified atom stereocenters. The van der Waals surface area contributed by atoms with Crippen LogP contribution in [0.15, 0.2) is 84.0 Å². The lowest BCUT2D eigenvalue weighted by Gasteiger charge is -2.18. The average Bonchev–Trinajstić information content (AvgIpc) is 2.73. The number of anilines is 1. The number of carbonyl (C=O) groups excluding carboxylic acids is 1. The number of aromatic nitrogens is 1. The highest BCUT2D eigenvalue weighted by Crippen LogP contribution is 2.25. The van der Waals surface area contributed by atoms with Crippen LogP contribution >= 0.6 is 0 Å². The number of pyridine rings is 1. The summed E-state index contributed by atoms with van der Waals surface area (Å²) in [5.41, 5.74) is 0.648. The van der Waals surface area contributed by atoms with Gasteiger partial charge in [0, 0.05) is 41.3 Å². The number of nitrogens with one attached hydrogen (secondary N) is 1. The molecule has 0 aliphatic carbocycles. The number of likely N-dealkylation sites (N-methyl/N-ethyl adjacent to an activating group) is 1.